The molecular weight excluding hydrogens is 198 g/mol. The Balaban J connectivity index is 2.45. The maximum atomic E-state index is 10.3. The van der Waals surface area contributed by atoms with E-state index in [0.717, 1.165) is 10.6 Å². The van der Waals surface area contributed by atoms with Crippen LogP contribution in [0.15, 0.2) is 41.1 Å². The second kappa shape index (κ2) is 5.44. The van der Waals surface area contributed by atoms with E-state index in [0.29, 0.717) is 5.75 Å². The summed E-state index contributed by atoms with van der Waals surface area (Å²) in [6, 6.07) is 5.66. The largest absolute Gasteiger partial charge is 0.478 e. The highest BCUT2D eigenvalue weighted by atomic mass is 32.2. The number of pyridine rings is 1. The molecule has 4 heteroatoms. The molecule has 1 heterocycles. The fourth-order valence-electron chi connectivity index (χ4n) is 0.873. The molecular formula is C10H11NO2S. The number of nitrogens with zero attached hydrogens (tertiary/aromatic N) is 1. The fraction of sp³-hybridized carbons (Fsp3) is 0.200. The Labute approximate surface area is 86.9 Å². The Morgan fingerprint density at radius 1 is 1.64 bits per heavy atom. The van der Waals surface area contributed by atoms with Crippen LogP contribution in [0.4, 0.5) is 0 Å². The predicted octanol–water partition coefficient (Wildman–Crippen LogP) is 2.20. The first-order chi connectivity index (χ1) is 6.68. The summed E-state index contributed by atoms with van der Waals surface area (Å²) >= 11 is 1.53. The van der Waals surface area contributed by atoms with Crippen molar-refractivity contribution < 1.29 is 9.90 Å². The molecule has 74 valence electrons. The zero-order valence-corrected chi connectivity index (χ0v) is 8.62. The number of aliphatic carboxylic acids is 1. The number of carboxylic acids is 1. The molecule has 0 aromatic carbocycles. The Bertz CT molecular complexity index is 335. The summed E-state index contributed by atoms with van der Waals surface area (Å²) in [6.07, 6.45) is 2.94. The molecule has 3 nitrogen and oxygen atoms in total. The van der Waals surface area contributed by atoms with E-state index >= 15 is 0 Å². The number of carboxylic acid groups (broad SMARTS) is 1. The van der Waals surface area contributed by atoms with Gasteiger partial charge in [-0.3, -0.25) is 0 Å². The molecule has 0 radical (unpaired) electrons. The summed E-state index contributed by atoms with van der Waals surface area (Å²) in [5.41, 5.74) is 0.827. The van der Waals surface area contributed by atoms with Gasteiger partial charge in [-0.05, 0) is 19.1 Å². The normalized spacial score (nSPS) is 11.4. The van der Waals surface area contributed by atoms with Crippen LogP contribution < -0.4 is 0 Å². The first kappa shape index (κ1) is 10.8. The maximum Gasteiger partial charge on any atom is 0.328 e. The molecule has 0 amide bonds. The van der Waals surface area contributed by atoms with E-state index < -0.39 is 5.97 Å². The summed E-state index contributed by atoms with van der Waals surface area (Å²) in [6.45, 7) is 1.80. The third-order valence-electron chi connectivity index (χ3n) is 1.46. The number of rotatable bonds is 4. The lowest BCUT2D eigenvalue weighted by atomic mass is 10.3. The second-order valence-corrected chi connectivity index (χ2v) is 3.78. The SMILES string of the molecule is CC(=CC(=O)O)CSc1ccccn1. The van der Waals surface area contributed by atoms with Gasteiger partial charge in [0.1, 0.15) is 0 Å². The second-order valence-electron chi connectivity index (χ2n) is 2.79. The Morgan fingerprint density at radius 2 is 2.43 bits per heavy atom. The lowest BCUT2D eigenvalue weighted by molar-refractivity contribution is -0.131. The molecule has 0 bridgehead atoms. The van der Waals surface area contributed by atoms with Crippen molar-refractivity contribution in [2.24, 2.45) is 0 Å². The smallest absolute Gasteiger partial charge is 0.328 e. The zero-order valence-electron chi connectivity index (χ0n) is 7.80. The number of thioether (sulfide) groups is 1. The molecule has 0 fully saturated rings. The highest BCUT2D eigenvalue weighted by molar-refractivity contribution is 7.99. The van der Waals surface area contributed by atoms with Gasteiger partial charge in [0.25, 0.3) is 0 Å². The molecule has 0 aliphatic heterocycles. The van der Waals surface area contributed by atoms with Crippen LogP contribution in [0.25, 0.3) is 0 Å². The van der Waals surface area contributed by atoms with Gasteiger partial charge in [0, 0.05) is 18.0 Å². The van der Waals surface area contributed by atoms with E-state index in [1.165, 1.54) is 17.8 Å². The molecule has 0 atom stereocenters. The van der Waals surface area contributed by atoms with Gasteiger partial charge in [-0.1, -0.05) is 11.6 Å². The van der Waals surface area contributed by atoms with Crippen LogP contribution in [0.2, 0.25) is 0 Å². The molecule has 1 aromatic heterocycles. The summed E-state index contributed by atoms with van der Waals surface area (Å²) < 4.78 is 0. The third kappa shape index (κ3) is 4.09. The van der Waals surface area contributed by atoms with Crippen molar-refractivity contribution in [3.63, 3.8) is 0 Å². The Morgan fingerprint density at radius 3 is 3.00 bits per heavy atom. The van der Waals surface area contributed by atoms with Crippen molar-refractivity contribution in [2.75, 3.05) is 5.75 Å². The predicted molar refractivity (Wildman–Crippen MR) is 56.4 cm³/mol. The first-order valence-electron chi connectivity index (χ1n) is 4.12. The number of hydrogen-bond donors (Lipinski definition) is 1. The van der Waals surface area contributed by atoms with Gasteiger partial charge in [0.2, 0.25) is 0 Å². The molecule has 0 spiro atoms. The van der Waals surface area contributed by atoms with E-state index in [2.05, 4.69) is 4.98 Å². The third-order valence-corrected chi connectivity index (χ3v) is 2.59. The molecule has 0 saturated carbocycles. The quantitative estimate of drug-likeness (QED) is 0.610. The molecule has 0 saturated heterocycles. The molecule has 0 aliphatic rings. The van der Waals surface area contributed by atoms with Gasteiger partial charge < -0.3 is 5.11 Å². The minimum absolute atomic E-state index is 0.656. The zero-order chi connectivity index (χ0) is 10.4. The highest BCUT2D eigenvalue weighted by Crippen LogP contribution is 2.16. The summed E-state index contributed by atoms with van der Waals surface area (Å²) in [5, 5.41) is 9.39. The lowest BCUT2D eigenvalue weighted by Crippen LogP contribution is -1.92. The van der Waals surface area contributed by atoms with Gasteiger partial charge in [-0.2, -0.15) is 0 Å². The molecule has 0 unspecified atom stereocenters. The van der Waals surface area contributed by atoms with E-state index in [1.54, 1.807) is 13.1 Å². The molecule has 0 aliphatic carbocycles. The van der Waals surface area contributed by atoms with Gasteiger partial charge in [-0.15, -0.1) is 11.8 Å². The average Bonchev–Trinajstić information content (AvgIpc) is 2.15. The summed E-state index contributed by atoms with van der Waals surface area (Å²) in [5.74, 6) is -0.243. The van der Waals surface area contributed by atoms with Gasteiger partial charge in [0.05, 0.1) is 5.03 Å². The molecule has 1 N–H and O–H groups in total. The number of carbonyl (C=O) groups is 1. The Hall–Kier alpha value is -1.29. The van der Waals surface area contributed by atoms with Gasteiger partial charge in [0.15, 0.2) is 0 Å². The molecule has 1 rings (SSSR count). The van der Waals surface area contributed by atoms with Gasteiger partial charge >= 0.3 is 5.97 Å². The number of hydrogen-bond acceptors (Lipinski definition) is 3. The van der Waals surface area contributed by atoms with Crippen molar-refractivity contribution in [3.8, 4) is 0 Å². The van der Waals surface area contributed by atoms with Crippen LogP contribution >= 0.6 is 11.8 Å². The van der Waals surface area contributed by atoms with Gasteiger partial charge in [-0.25, -0.2) is 9.78 Å². The van der Waals surface area contributed by atoms with Crippen molar-refractivity contribution >= 4 is 17.7 Å². The van der Waals surface area contributed by atoms with Crippen LogP contribution in [-0.4, -0.2) is 21.8 Å². The van der Waals surface area contributed by atoms with Crippen molar-refractivity contribution in [1.29, 1.82) is 0 Å². The topological polar surface area (TPSA) is 50.2 Å². The van der Waals surface area contributed by atoms with Crippen LogP contribution in [0.1, 0.15) is 6.92 Å². The minimum Gasteiger partial charge on any atom is -0.478 e. The summed E-state index contributed by atoms with van der Waals surface area (Å²) in [7, 11) is 0. The standard InChI is InChI=1S/C10H11NO2S/c1-8(6-10(12)13)7-14-9-4-2-3-5-11-9/h2-6H,7H2,1H3,(H,12,13). The van der Waals surface area contributed by atoms with E-state index in [-0.39, 0.29) is 0 Å². The van der Waals surface area contributed by atoms with Crippen LogP contribution in [-0.2, 0) is 4.79 Å². The van der Waals surface area contributed by atoms with Crippen molar-refractivity contribution in [3.05, 3.63) is 36.0 Å². The van der Waals surface area contributed by atoms with E-state index in [4.69, 9.17) is 5.11 Å². The Kier molecular flexibility index (Phi) is 4.19. The summed E-state index contributed by atoms with van der Waals surface area (Å²) in [4.78, 5) is 14.4. The van der Waals surface area contributed by atoms with Crippen LogP contribution in [0.3, 0.4) is 0 Å². The monoisotopic (exact) mass is 209 g/mol. The number of aromatic nitrogens is 1. The van der Waals surface area contributed by atoms with Crippen molar-refractivity contribution in [2.45, 2.75) is 11.9 Å². The maximum absolute atomic E-state index is 10.3. The van der Waals surface area contributed by atoms with E-state index in [9.17, 15) is 4.79 Å². The fourth-order valence-corrected chi connectivity index (χ4v) is 1.64. The van der Waals surface area contributed by atoms with Crippen molar-refractivity contribution in [1.82, 2.24) is 4.98 Å². The van der Waals surface area contributed by atoms with E-state index in [1.807, 2.05) is 18.2 Å². The molecule has 14 heavy (non-hydrogen) atoms. The van der Waals surface area contributed by atoms with Crippen LogP contribution in [0, 0.1) is 0 Å². The first-order valence-corrected chi connectivity index (χ1v) is 5.11. The highest BCUT2D eigenvalue weighted by Gasteiger charge is 1.97. The molecule has 1 aromatic rings. The minimum atomic E-state index is -0.899. The average molecular weight is 209 g/mol. The lowest BCUT2D eigenvalue weighted by Gasteiger charge is -1.99. The van der Waals surface area contributed by atoms with Crippen LogP contribution in [0.5, 0.6) is 0 Å².